The molecule has 2 N–H and O–H groups in total. The third-order valence-corrected chi connectivity index (χ3v) is 5.85. The Morgan fingerprint density at radius 2 is 1.76 bits per heavy atom. The van der Waals surface area contributed by atoms with Crippen molar-refractivity contribution in [2.75, 3.05) is 6.26 Å². The number of carbonyl (C=O) groups is 2. The standard InChI is InChI=1S/C18H25NO5S/c1-25(23,24)16-11-7-6-8-13(16)12-17(20)19-15-10-5-3-2-4-9-14(15)18(21)22/h6-8,11,14-15H,2-5,9-10,12H2,1H3,(H,19,20)(H,21,22). The molecule has 1 aromatic rings. The van der Waals surface area contributed by atoms with Gasteiger partial charge in [-0.15, -0.1) is 0 Å². The molecule has 0 spiro atoms. The number of rotatable bonds is 5. The van der Waals surface area contributed by atoms with Crippen molar-refractivity contribution in [3.05, 3.63) is 29.8 Å². The van der Waals surface area contributed by atoms with Crippen molar-refractivity contribution in [3.63, 3.8) is 0 Å². The average Bonchev–Trinajstić information content (AvgIpc) is 2.49. The molecule has 0 bridgehead atoms. The molecule has 2 rings (SSSR count). The van der Waals surface area contributed by atoms with Crippen LogP contribution in [0.5, 0.6) is 0 Å². The monoisotopic (exact) mass is 367 g/mol. The molecule has 1 fully saturated rings. The van der Waals surface area contributed by atoms with Gasteiger partial charge in [-0.1, -0.05) is 43.9 Å². The predicted octanol–water partition coefficient (Wildman–Crippen LogP) is 2.17. The van der Waals surface area contributed by atoms with Crippen molar-refractivity contribution in [2.45, 2.75) is 55.9 Å². The van der Waals surface area contributed by atoms with E-state index in [1.54, 1.807) is 18.2 Å². The molecular formula is C18H25NO5S. The van der Waals surface area contributed by atoms with E-state index in [4.69, 9.17) is 0 Å². The highest BCUT2D eigenvalue weighted by Gasteiger charge is 2.30. The van der Waals surface area contributed by atoms with E-state index < -0.39 is 27.8 Å². The van der Waals surface area contributed by atoms with Gasteiger partial charge in [-0.25, -0.2) is 8.42 Å². The molecule has 2 unspecified atom stereocenters. The van der Waals surface area contributed by atoms with Crippen LogP contribution in [0.1, 0.15) is 44.1 Å². The highest BCUT2D eigenvalue weighted by molar-refractivity contribution is 7.90. The smallest absolute Gasteiger partial charge is 0.308 e. The Morgan fingerprint density at radius 1 is 1.12 bits per heavy atom. The van der Waals surface area contributed by atoms with E-state index in [2.05, 4.69) is 5.32 Å². The molecule has 1 amide bonds. The molecule has 0 radical (unpaired) electrons. The van der Waals surface area contributed by atoms with Crippen molar-refractivity contribution >= 4 is 21.7 Å². The fourth-order valence-corrected chi connectivity index (χ4v) is 4.34. The number of benzene rings is 1. The van der Waals surface area contributed by atoms with Crippen molar-refractivity contribution in [1.82, 2.24) is 5.32 Å². The normalized spacial score (nSPS) is 21.8. The number of carboxylic acids is 1. The van der Waals surface area contributed by atoms with Gasteiger partial charge in [0.25, 0.3) is 0 Å². The second-order valence-electron chi connectivity index (χ2n) is 6.67. The van der Waals surface area contributed by atoms with Gasteiger partial charge in [0.05, 0.1) is 17.2 Å². The van der Waals surface area contributed by atoms with E-state index in [1.165, 1.54) is 6.07 Å². The quantitative estimate of drug-likeness (QED) is 0.831. The van der Waals surface area contributed by atoms with E-state index in [-0.39, 0.29) is 17.2 Å². The molecular weight excluding hydrogens is 342 g/mol. The molecule has 7 heteroatoms. The van der Waals surface area contributed by atoms with Crippen LogP contribution in [0.25, 0.3) is 0 Å². The summed E-state index contributed by atoms with van der Waals surface area (Å²) in [6.45, 7) is 0. The first-order valence-electron chi connectivity index (χ1n) is 8.59. The number of carbonyl (C=O) groups excluding carboxylic acids is 1. The van der Waals surface area contributed by atoms with Crippen LogP contribution in [-0.2, 0) is 25.8 Å². The Balaban J connectivity index is 2.12. The predicted molar refractivity (Wildman–Crippen MR) is 94.0 cm³/mol. The number of nitrogens with one attached hydrogen (secondary N) is 1. The Hall–Kier alpha value is -1.89. The fraction of sp³-hybridized carbons (Fsp3) is 0.556. The molecule has 1 saturated carbocycles. The van der Waals surface area contributed by atoms with Crippen molar-refractivity contribution in [1.29, 1.82) is 0 Å². The summed E-state index contributed by atoms with van der Waals surface area (Å²) in [4.78, 5) is 24.1. The van der Waals surface area contributed by atoms with Crippen molar-refractivity contribution < 1.29 is 23.1 Å². The summed E-state index contributed by atoms with van der Waals surface area (Å²) in [5.41, 5.74) is 0.431. The fourth-order valence-electron chi connectivity index (χ4n) is 3.40. The van der Waals surface area contributed by atoms with Gasteiger partial charge in [0.2, 0.25) is 5.91 Å². The van der Waals surface area contributed by atoms with Gasteiger partial charge in [-0.2, -0.15) is 0 Å². The van der Waals surface area contributed by atoms with E-state index in [1.807, 2.05) is 0 Å². The minimum Gasteiger partial charge on any atom is -0.481 e. The lowest BCUT2D eigenvalue weighted by Crippen LogP contribution is -2.44. The van der Waals surface area contributed by atoms with E-state index in [0.717, 1.165) is 31.9 Å². The Kier molecular flexibility index (Phi) is 6.58. The van der Waals surface area contributed by atoms with Gasteiger partial charge in [-0.05, 0) is 24.5 Å². The molecule has 0 aromatic heterocycles. The van der Waals surface area contributed by atoms with Gasteiger partial charge in [0, 0.05) is 12.3 Å². The largest absolute Gasteiger partial charge is 0.481 e. The van der Waals surface area contributed by atoms with Crippen LogP contribution in [0.4, 0.5) is 0 Å². The number of hydrogen-bond donors (Lipinski definition) is 2. The summed E-state index contributed by atoms with van der Waals surface area (Å²) in [6.07, 6.45) is 6.01. The molecule has 0 heterocycles. The number of carboxylic acid groups (broad SMARTS) is 1. The van der Waals surface area contributed by atoms with Crippen LogP contribution >= 0.6 is 0 Å². The molecule has 0 saturated heterocycles. The van der Waals surface area contributed by atoms with Crippen LogP contribution in [-0.4, -0.2) is 37.7 Å². The number of sulfone groups is 1. The third-order valence-electron chi connectivity index (χ3n) is 4.65. The lowest BCUT2D eigenvalue weighted by Gasteiger charge is -2.27. The van der Waals surface area contributed by atoms with Crippen LogP contribution in [0.3, 0.4) is 0 Å². The number of amides is 1. The molecule has 138 valence electrons. The topological polar surface area (TPSA) is 101 Å². The molecule has 2 atom stereocenters. The zero-order valence-corrected chi connectivity index (χ0v) is 15.2. The van der Waals surface area contributed by atoms with Crippen LogP contribution < -0.4 is 5.32 Å². The maximum absolute atomic E-state index is 12.4. The summed E-state index contributed by atoms with van der Waals surface area (Å²) in [5.74, 6) is -1.81. The van der Waals surface area contributed by atoms with Crippen LogP contribution in [0.2, 0.25) is 0 Å². The second-order valence-corrected chi connectivity index (χ2v) is 8.65. The van der Waals surface area contributed by atoms with E-state index in [9.17, 15) is 23.1 Å². The summed E-state index contributed by atoms with van der Waals surface area (Å²) >= 11 is 0. The molecule has 1 aliphatic rings. The zero-order chi connectivity index (χ0) is 18.4. The first-order chi connectivity index (χ1) is 11.8. The highest BCUT2D eigenvalue weighted by atomic mass is 32.2. The van der Waals surface area contributed by atoms with Crippen molar-refractivity contribution in [2.24, 2.45) is 5.92 Å². The van der Waals surface area contributed by atoms with Crippen molar-refractivity contribution in [3.8, 4) is 0 Å². The summed E-state index contributed by atoms with van der Waals surface area (Å²) < 4.78 is 23.7. The Bertz CT molecular complexity index is 729. The Labute approximate surface area is 148 Å². The maximum Gasteiger partial charge on any atom is 0.308 e. The van der Waals surface area contributed by atoms with E-state index >= 15 is 0 Å². The average molecular weight is 367 g/mol. The van der Waals surface area contributed by atoms with Gasteiger partial charge < -0.3 is 10.4 Å². The third kappa shape index (κ3) is 5.56. The van der Waals surface area contributed by atoms with E-state index in [0.29, 0.717) is 18.4 Å². The van der Waals surface area contributed by atoms with Gasteiger partial charge >= 0.3 is 5.97 Å². The molecule has 1 aromatic carbocycles. The second kappa shape index (κ2) is 8.47. The van der Waals surface area contributed by atoms with Gasteiger partial charge in [0.1, 0.15) is 0 Å². The Morgan fingerprint density at radius 3 is 2.40 bits per heavy atom. The molecule has 1 aliphatic carbocycles. The minimum atomic E-state index is -3.42. The number of hydrogen-bond acceptors (Lipinski definition) is 4. The van der Waals surface area contributed by atoms with Crippen LogP contribution in [0.15, 0.2) is 29.2 Å². The minimum absolute atomic E-state index is 0.0773. The lowest BCUT2D eigenvalue weighted by molar-refractivity contribution is -0.143. The van der Waals surface area contributed by atoms with Gasteiger partial charge in [0.15, 0.2) is 9.84 Å². The first-order valence-corrected chi connectivity index (χ1v) is 10.5. The SMILES string of the molecule is CS(=O)(=O)c1ccccc1CC(=O)NC1CCCCCCC1C(=O)O. The summed E-state index contributed by atoms with van der Waals surface area (Å²) in [5, 5.41) is 12.3. The summed E-state index contributed by atoms with van der Waals surface area (Å²) in [6, 6.07) is 5.99. The first kappa shape index (κ1) is 19.4. The van der Waals surface area contributed by atoms with Gasteiger partial charge in [-0.3, -0.25) is 9.59 Å². The maximum atomic E-state index is 12.4. The molecule has 0 aliphatic heterocycles. The lowest BCUT2D eigenvalue weighted by atomic mass is 9.86. The van der Waals surface area contributed by atoms with Crippen LogP contribution in [0, 0.1) is 5.92 Å². The number of aliphatic carboxylic acids is 1. The highest BCUT2D eigenvalue weighted by Crippen LogP contribution is 2.24. The summed E-state index contributed by atoms with van der Waals surface area (Å²) in [7, 11) is -3.42. The molecule has 6 nitrogen and oxygen atoms in total. The molecule has 25 heavy (non-hydrogen) atoms. The zero-order valence-electron chi connectivity index (χ0n) is 14.4.